The fourth-order valence-electron chi connectivity index (χ4n) is 1.42. The lowest BCUT2D eigenvalue weighted by Gasteiger charge is -2.13. The Morgan fingerprint density at radius 2 is 1.95 bits per heavy atom. The lowest BCUT2D eigenvalue weighted by Crippen LogP contribution is -2.44. The number of benzene rings is 1. The van der Waals surface area contributed by atoms with E-state index in [4.69, 9.17) is 10.2 Å². The molecule has 0 heterocycles. The second-order valence-corrected chi connectivity index (χ2v) is 3.96. The average Bonchev–Trinajstić information content (AvgIpc) is 2.27. The molecule has 0 spiro atoms. The Labute approximate surface area is 109 Å². The molecule has 0 aliphatic carbocycles. The van der Waals surface area contributed by atoms with Gasteiger partial charge in [0.15, 0.2) is 0 Å². The Hall–Kier alpha value is -2.57. The number of carbonyl (C=O) groups excluding carboxylic acids is 1. The SMILES string of the molecule is Cc1cccc(NC(=O)NC(CC(=O)O)C(=O)O)c1. The quantitative estimate of drug-likeness (QED) is 0.635. The second-order valence-electron chi connectivity index (χ2n) is 3.96. The van der Waals surface area contributed by atoms with Crippen LogP contribution in [0.25, 0.3) is 0 Å². The molecule has 0 aromatic heterocycles. The first-order valence-corrected chi connectivity index (χ1v) is 5.47. The molecule has 1 atom stereocenters. The summed E-state index contributed by atoms with van der Waals surface area (Å²) in [5, 5.41) is 21.8. The molecule has 1 rings (SSSR count). The number of hydrogen-bond donors (Lipinski definition) is 4. The maximum Gasteiger partial charge on any atom is 0.326 e. The summed E-state index contributed by atoms with van der Waals surface area (Å²) in [6.45, 7) is 1.84. The zero-order valence-corrected chi connectivity index (χ0v) is 10.2. The third kappa shape index (κ3) is 5.07. The number of hydrogen-bond acceptors (Lipinski definition) is 3. The van der Waals surface area contributed by atoms with Crippen molar-refractivity contribution >= 4 is 23.7 Å². The van der Waals surface area contributed by atoms with Gasteiger partial charge in [0.25, 0.3) is 0 Å². The predicted molar refractivity (Wildman–Crippen MR) is 67.0 cm³/mol. The van der Waals surface area contributed by atoms with Crippen LogP contribution in [-0.2, 0) is 9.59 Å². The molecule has 0 fully saturated rings. The van der Waals surface area contributed by atoms with Gasteiger partial charge in [-0.05, 0) is 24.6 Å². The van der Waals surface area contributed by atoms with E-state index >= 15 is 0 Å². The summed E-state index contributed by atoms with van der Waals surface area (Å²) < 4.78 is 0. The first-order chi connectivity index (χ1) is 8.88. The van der Waals surface area contributed by atoms with Crippen molar-refractivity contribution in [3.05, 3.63) is 29.8 Å². The molecule has 0 aliphatic rings. The number of nitrogens with one attached hydrogen (secondary N) is 2. The van der Waals surface area contributed by atoms with Crippen LogP contribution in [-0.4, -0.2) is 34.2 Å². The number of amides is 2. The van der Waals surface area contributed by atoms with Crippen molar-refractivity contribution in [2.45, 2.75) is 19.4 Å². The van der Waals surface area contributed by atoms with E-state index in [9.17, 15) is 14.4 Å². The van der Waals surface area contributed by atoms with Crippen LogP contribution in [0.1, 0.15) is 12.0 Å². The highest BCUT2D eigenvalue weighted by Gasteiger charge is 2.22. The highest BCUT2D eigenvalue weighted by atomic mass is 16.4. The summed E-state index contributed by atoms with van der Waals surface area (Å²) in [7, 11) is 0. The van der Waals surface area contributed by atoms with Crippen LogP contribution in [0.5, 0.6) is 0 Å². The predicted octanol–water partition coefficient (Wildman–Crippen LogP) is 1.04. The van der Waals surface area contributed by atoms with Crippen LogP contribution < -0.4 is 10.6 Å². The lowest BCUT2D eigenvalue weighted by atomic mass is 10.2. The highest BCUT2D eigenvalue weighted by Crippen LogP contribution is 2.09. The van der Waals surface area contributed by atoms with E-state index in [1.165, 1.54) is 0 Å². The third-order valence-corrected chi connectivity index (χ3v) is 2.26. The first kappa shape index (κ1) is 14.5. The van der Waals surface area contributed by atoms with Crippen molar-refractivity contribution in [3.63, 3.8) is 0 Å². The second kappa shape index (κ2) is 6.39. The van der Waals surface area contributed by atoms with Crippen LogP contribution in [0.2, 0.25) is 0 Å². The summed E-state index contributed by atoms with van der Waals surface area (Å²) >= 11 is 0. The number of carboxylic acids is 2. The molecule has 0 aliphatic heterocycles. The van der Waals surface area contributed by atoms with Crippen LogP contribution >= 0.6 is 0 Å². The van der Waals surface area contributed by atoms with Crippen molar-refractivity contribution in [1.82, 2.24) is 5.32 Å². The van der Waals surface area contributed by atoms with Gasteiger partial charge in [0.05, 0.1) is 6.42 Å². The van der Waals surface area contributed by atoms with Crippen molar-refractivity contribution in [3.8, 4) is 0 Å². The summed E-state index contributed by atoms with van der Waals surface area (Å²) in [4.78, 5) is 32.8. The molecule has 0 bridgehead atoms. The van der Waals surface area contributed by atoms with Gasteiger partial charge in [-0.15, -0.1) is 0 Å². The average molecular weight is 266 g/mol. The van der Waals surface area contributed by atoms with Crippen molar-refractivity contribution < 1.29 is 24.6 Å². The highest BCUT2D eigenvalue weighted by molar-refractivity contribution is 5.93. The largest absolute Gasteiger partial charge is 0.481 e. The smallest absolute Gasteiger partial charge is 0.326 e. The third-order valence-electron chi connectivity index (χ3n) is 2.26. The Morgan fingerprint density at radius 3 is 2.47 bits per heavy atom. The Kier molecular flexibility index (Phi) is 4.87. The van der Waals surface area contributed by atoms with Crippen LogP contribution in [0.15, 0.2) is 24.3 Å². The van der Waals surface area contributed by atoms with Crippen molar-refractivity contribution in [2.24, 2.45) is 0 Å². The van der Waals surface area contributed by atoms with E-state index < -0.39 is 30.4 Å². The summed E-state index contributed by atoms with van der Waals surface area (Å²) in [5.74, 6) is -2.70. The Bertz CT molecular complexity index is 501. The summed E-state index contributed by atoms with van der Waals surface area (Å²) in [5.41, 5.74) is 1.43. The van der Waals surface area contributed by atoms with Gasteiger partial charge in [0.2, 0.25) is 0 Å². The molecule has 4 N–H and O–H groups in total. The molecule has 1 aromatic carbocycles. The topological polar surface area (TPSA) is 116 Å². The summed E-state index contributed by atoms with van der Waals surface area (Å²) in [6.07, 6.45) is -0.684. The van der Waals surface area contributed by atoms with E-state index in [1.807, 2.05) is 13.0 Å². The number of rotatable bonds is 5. The van der Waals surface area contributed by atoms with Crippen LogP contribution in [0.3, 0.4) is 0 Å². The zero-order chi connectivity index (χ0) is 14.4. The van der Waals surface area contributed by atoms with Crippen LogP contribution in [0, 0.1) is 6.92 Å². The number of anilines is 1. The normalized spacial score (nSPS) is 11.4. The van der Waals surface area contributed by atoms with Crippen molar-refractivity contribution in [1.29, 1.82) is 0 Å². The first-order valence-electron chi connectivity index (χ1n) is 5.47. The van der Waals surface area contributed by atoms with Crippen molar-refractivity contribution in [2.75, 3.05) is 5.32 Å². The van der Waals surface area contributed by atoms with E-state index in [0.717, 1.165) is 5.56 Å². The molecule has 7 heteroatoms. The number of carboxylic acid groups (broad SMARTS) is 2. The molecular formula is C12H14N2O5. The minimum absolute atomic E-state index is 0.497. The molecule has 102 valence electrons. The van der Waals surface area contributed by atoms with Gasteiger partial charge in [-0.1, -0.05) is 12.1 Å². The molecule has 1 aromatic rings. The number of carbonyl (C=O) groups is 3. The van der Waals surface area contributed by atoms with E-state index in [2.05, 4.69) is 10.6 Å². The van der Waals surface area contributed by atoms with Gasteiger partial charge in [-0.25, -0.2) is 9.59 Å². The monoisotopic (exact) mass is 266 g/mol. The molecule has 19 heavy (non-hydrogen) atoms. The van der Waals surface area contributed by atoms with E-state index in [-0.39, 0.29) is 0 Å². The van der Waals surface area contributed by atoms with Gasteiger partial charge >= 0.3 is 18.0 Å². The molecule has 0 saturated heterocycles. The van der Waals surface area contributed by atoms with E-state index in [0.29, 0.717) is 5.69 Å². The fourth-order valence-corrected chi connectivity index (χ4v) is 1.42. The van der Waals surface area contributed by atoms with Crippen LogP contribution in [0.4, 0.5) is 10.5 Å². The lowest BCUT2D eigenvalue weighted by molar-refractivity contribution is -0.145. The molecule has 0 radical (unpaired) electrons. The fraction of sp³-hybridized carbons (Fsp3) is 0.250. The maximum atomic E-state index is 11.5. The molecule has 2 amide bonds. The van der Waals surface area contributed by atoms with Gasteiger partial charge in [-0.3, -0.25) is 4.79 Å². The van der Waals surface area contributed by atoms with Gasteiger partial charge in [0.1, 0.15) is 6.04 Å². The minimum atomic E-state index is -1.47. The Morgan fingerprint density at radius 1 is 1.26 bits per heavy atom. The molecular weight excluding hydrogens is 252 g/mol. The molecule has 1 unspecified atom stereocenters. The molecule has 0 saturated carbocycles. The maximum absolute atomic E-state index is 11.5. The van der Waals surface area contributed by atoms with E-state index in [1.54, 1.807) is 18.2 Å². The van der Waals surface area contributed by atoms with Gasteiger partial charge in [-0.2, -0.15) is 0 Å². The Balaban J connectivity index is 2.62. The summed E-state index contributed by atoms with van der Waals surface area (Å²) in [6, 6.07) is 4.68. The standard InChI is InChI=1S/C12H14N2O5/c1-7-3-2-4-8(5-7)13-12(19)14-9(11(17)18)6-10(15)16/h2-5,9H,6H2,1H3,(H,15,16)(H,17,18)(H2,13,14,19). The molecule has 7 nitrogen and oxygen atoms in total. The number of aryl methyl sites for hydroxylation is 1. The number of urea groups is 1. The number of aliphatic carboxylic acids is 2. The minimum Gasteiger partial charge on any atom is -0.481 e. The van der Waals surface area contributed by atoms with Gasteiger partial charge < -0.3 is 20.8 Å². The zero-order valence-electron chi connectivity index (χ0n) is 10.2. The van der Waals surface area contributed by atoms with Gasteiger partial charge in [0, 0.05) is 5.69 Å².